The summed E-state index contributed by atoms with van der Waals surface area (Å²) in [7, 11) is 3.17. The predicted molar refractivity (Wildman–Crippen MR) is 84.8 cm³/mol. The number of rotatable bonds is 5. The van der Waals surface area contributed by atoms with Crippen LogP contribution in [0.1, 0.15) is 5.56 Å². The number of aromatic nitrogens is 2. The minimum atomic E-state index is -0.193. The van der Waals surface area contributed by atoms with Crippen molar-refractivity contribution in [1.82, 2.24) is 9.78 Å². The molecule has 0 N–H and O–H groups in total. The summed E-state index contributed by atoms with van der Waals surface area (Å²) in [4.78, 5) is 12.1. The molecule has 0 saturated carbocycles. The van der Waals surface area contributed by atoms with Crippen molar-refractivity contribution in [3.63, 3.8) is 0 Å². The van der Waals surface area contributed by atoms with Gasteiger partial charge in [0.1, 0.15) is 17.2 Å². The molecule has 0 aliphatic carbocycles. The molecule has 0 aliphatic rings. The van der Waals surface area contributed by atoms with Gasteiger partial charge in [-0.1, -0.05) is 0 Å². The molecule has 0 atom stereocenters. The van der Waals surface area contributed by atoms with Gasteiger partial charge in [0, 0.05) is 12.1 Å². The number of ether oxygens (including phenoxy) is 2. The fourth-order valence-corrected chi connectivity index (χ4v) is 2.25. The van der Waals surface area contributed by atoms with E-state index >= 15 is 0 Å². The summed E-state index contributed by atoms with van der Waals surface area (Å²) < 4.78 is 17.2. The molecule has 0 amide bonds. The second-order valence-corrected chi connectivity index (χ2v) is 4.91. The largest absolute Gasteiger partial charge is 0.497 e. The average Bonchev–Trinajstić information content (AvgIpc) is 3.11. The van der Waals surface area contributed by atoms with Crippen LogP contribution in [0.15, 0.2) is 57.9 Å². The smallest absolute Gasteiger partial charge is 0.267 e. The Bertz CT molecular complexity index is 831. The second-order valence-electron chi connectivity index (χ2n) is 4.91. The van der Waals surface area contributed by atoms with Crippen molar-refractivity contribution in [2.24, 2.45) is 0 Å². The van der Waals surface area contributed by atoms with Crippen molar-refractivity contribution in [3.05, 3.63) is 64.6 Å². The summed E-state index contributed by atoms with van der Waals surface area (Å²) in [6.45, 7) is 0.306. The van der Waals surface area contributed by atoms with Crippen molar-refractivity contribution in [3.8, 4) is 23.0 Å². The van der Waals surface area contributed by atoms with E-state index in [9.17, 15) is 4.79 Å². The van der Waals surface area contributed by atoms with Crippen LogP contribution < -0.4 is 15.0 Å². The lowest BCUT2D eigenvalue weighted by molar-refractivity contribution is 0.393. The van der Waals surface area contributed by atoms with Crippen LogP contribution in [0, 0.1) is 0 Å². The van der Waals surface area contributed by atoms with Gasteiger partial charge >= 0.3 is 0 Å². The van der Waals surface area contributed by atoms with Gasteiger partial charge in [0.15, 0.2) is 5.76 Å². The van der Waals surface area contributed by atoms with Crippen LogP contribution in [0.25, 0.3) is 11.5 Å². The van der Waals surface area contributed by atoms with E-state index in [-0.39, 0.29) is 5.56 Å². The first-order valence-corrected chi connectivity index (χ1v) is 7.03. The topological polar surface area (TPSA) is 66.5 Å². The van der Waals surface area contributed by atoms with Gasteiger partial charge in [0.2, 0.25) is 0 Å². The van der Waals surface area contributed by atoms with Crippen molar-refractivity contribution in [1.29, 1.82) is 0 Å². The van der Waals surface area contributed by atoms with Gasteiger partial charge in [-0.25, -0.2) is 4.68 Å². The summed E-state index contributed by atoms with van der Waals surface area (Å²) in [6.07, 6.45) is 1.57. The Kier molecular flexibility index (Phi) is 4.14. The lowest BCUT2D eigenvalue weighted by Crippen LogP contribution is -2.22. The van der Waals surface area contributed by atoms with E-state index < -0.39 is 0 Å². The van der Waals surface area contributed by atoms with Crippen molar-refractivity contribution in [2.75, 3.05) is 14.2 Å². The van der Waals surface area contributed by atoms with Gasteiger partial charge in [0.25, 0.3) is 5.56 Å². The molecule has 6 nitrogen and oxygen atoms in total. The highest BCUT2D eigenvalue weighted by molar-refractivity contribution is 5.50. The fourth-order valence-electron chi connectivity index (χ4n) is 2.25. The molecule has 0 bridgehead atoms. The normalized spacial score (nSPS) is 10.5. The lowest BCUT2D eigenvalue weighted by Gasteiger charge is -2.10. The van der Waals surface area contributed by atoms with Gasteiger partial charge in [-0.2, -0.15) is 5.10 Å². The van der Waals surface area contributed by atoms with Gasteiger partial charge in [0.05, 0.1) is 27.0 Å². The molecule has 0 fully saturated rings. The van der Waals surface area contributed by atoms with Gasteiger partial charge in [-0.05, 0) is 35.9 Å². The second kappa shape index (κ2) is 6.39. The Morgan fingerprint density at radius 2 is 1.83 bits per heavy atom. The molecular weight excluding hydrogens is 296 g/mol. The molecule has 0 saturated heterocycles. The average molecular weight is 312 g/mol. The third-order valence-corrected chi connectivity index (χ3v) is 3.38. The van der Waals surface area contributed by atoms with Crippen LogP contribution in [0.4, 0.5) is 0 Å². The summed E-state index contributed by atoms with van der Waals surface area (Å²) in [6, 6.07) is 12.2. The third-order valence-electron chi connectivity index (χ3n) is 3.38. The Hall–Kier alpha value is -3.02. The zero-order valence-electron chi connectivity index (χ0n) is 12.9. The van der Waals surface area contributed by atoms with E-state index in [1.54, 1.807) is 44.7 Å². The highest BCUT2D eigenvalue weighted by atomic mass is 16.5. The molecule has 0 unspecified atom stereocenters. The summed E-state index contributed by atoms with van der Waals surface area (Å²) in [5.74, 6) is 1.94. The van der Waals surface area contributed by atoms with E-state index in [1.165, 1.54) is 10.7 Å². The number of nitrogens with zero attached hydrogens (tertiary/aromatic N) is 2. The van der Waals surface area contributed by atoms with Crippen molar-refractivity contribution >= 4 is 0 Å². The lowest BCUT2D eigenvalue weighted by atomic mass is 10.2. The number of methoxy groups -OCH3 is 2. The van der Waals surface area contributed by atoms with E-state index in [0.29, 0.717) is 29.5 Å². The van der Waals surface area contributed by atoms with Crippen LogP contribution in [0.2, 0.25) is 0 Å². The number of furan rings is 1. The number of hydrogen-bond acceptors (Lipinski definition) is 5. The molecule has 118 valence electrons. The zero-order chi connectivity index (χ0) is 16.2. The third kappa shape index (κ3) is 3.26. The Balaban J connectivity index is 1.96. The van der Waals surface area contributed by atoms with Crippen molar-refractivity contribution < 1.29 is 13.9 Å². The first kappa shape index (κ1) is 14.9. The van der Waals surface area contributed by atoms with Gasteiger partial charge in [-0.3, -0.25) is 4.79 Å². The Morgan fingerprint density at radius 1 is 1.09 bits per heavy atom. The van der Waals surface area contributed by atoms with E-state index in [2.05, 4.69) is 5.10 Å². The molecule has 0 radical (unpaired) electrons. The molecule has 6 heteroatoms. The first-order valence-electron chi connectivity index (χ1n) is 7.03. The van der Waals surface area contributed by atoms with Crippen LogP contribution in [0.5, 0.6) is 11.5 Å². The predicted octanol–water partition coefficient (Wildman–Crippen LogP) is 2.57. The molecule has 23 heavy (non-hydrogen) atoms. The standard InChI is InChI=1S/C17H16N2O4/c1-21-13-8-12(9-14(10-13)22-2)11-19-17(20)6-5-15(18-19)16-4-3-7-23-16/h3-10H,11H2,1-2H3. The fraction of sp³-hybridized carbons (Fsp3) is 0.176. The Morgan fingerprint density at radius 3 is 2.43 bits per heavy atom. The molecule has 3 rings (SSSR count). The van der Waals surface area contributed by atoms with E-state index in [4.69, 9.17) is 13.9 Å². The van der Waals surface area contributed by atoms with E-state index in [0.717, 1.165) is 5.56 Å². The van der Waals surface area contributed by atoms with Gasteiger partial charge < -0.3 is 13.9 Å². The molecule has 0 spiro atoms. The summed E-state index contributed by atoms with van der Waals surface area (Å²) >= 11 is 0. The first-order chi connectivity index (χ1) is 11.2. The number of hydrogen-bond donors (Lipinski definition) is 0. The highest BCUT2D eigenvalue weighted by Gasteiger charge is 2.08. The molecule has 0 aliphatic heterocycles. The summed E-state index contributed by atoms with van der Waals surface area (Å²) in [5.41, 5.74) is 1.26. The SMILES string of the molecule is COc1cc(Cn2nc(-c3ccco3)ccc2=O)cc(OC)c1. The quantitative estimate of drug-likeness (QED) is 0.724. The minimum Gasteiger partial charge on any atom is -0.497 e. The molecule has 1 aromatic carbocycles. The molecule has 2 heterocycles. The van der Waals surface area contributed by atoms with Gasteiger partial charge in [-0.15, -0.1) is 0 Å². The number of benzene rings is 1. The highest BCUT2D eigenvalue weighted by Crippen LogP contribution is 2.23. The van der Waals surface area contributed by atoms with Crippen LogP contribution in [-0.4, -0.2) is 24.0 Å². The van der Waals surface area contributed by atoms with Crippen LogP contribution in [-0.2, 0) is 6.54 Å². The van der Waals surface area contributed by atoms with Crippen molar-refractivity contribution in [2.45, 2.75) is 6.54 Å². The van der Waals surface area contributed by atoms with Crippen LogP contribution in [0.3, 0.4) is 0 Å². The molecular formula is C17H16N2O4. The molecule has 2 aromatic heterocycles. The van der Waals surface area contributed by atoms with E-state index in [1.807, 2.05) is 12.1 Å². The maximum Gasteiger partial charge on any atom is 0.267 e. The monoisotopic (exact) mass is 312 g/mol. The molecule has 3 aromatic rings. The maximum absolute atomic E-state index is 12.1. The zero-order valence-corrected chi connectivity index (χ0v) is 12.9. The Labute approximate surface area is 132 Å². The maximum atomic E-state index is 12.1. The van der Waals surface area contributed by atoms with Crippen LogP contribution >= 0.6 is 0 Å². The summed E-state index contributed by atoms with van der Waals surface area (Å²) in [5, 5.41) is 4.35. The minimum absolute atomic E-state index is 0.193.